The van der Waals surface area contributed by atoms with Gasteiger partial charge in [-0.1, -0.05) is 0 Å². The molecule has 0 N–H and O–H groups in total. The second-order valence-electron chi connectivity index (χ2n) is 5.83. The van der Waals surface area contributed by atoms with E-state index in [0.29, 0.717) is 24.1 Å². The number of aryl methyl sites for hydroxylation is 1. The number of ether oxygens (including phenoxy) is 1. The predicted octanol–water partition coefficient (Wildman–Crippen LogP) is 2.35. The van der Waals surface area contributed by atoms with Gasteiger partial charge in [0.25, 0.3) is 0 Å². The molecule has 0 spiro atoms. The summed E-state index contributed by atoms with van der Waals surface area (Å²) in [7, 11) is 0. The Balaban J connectivity index is 1.57. The maximum Gasteiger partial charge on any atom is 0.316 e. The molecule has 0 aromatic carbocycles. The number of hydrogen-bond acceptors (Lipinski definition) is 6. The summed E-state index contributed by atoms with van der Waals surface area (Å²) in [6.45, 7) is 4.43. The third kappa shape index (κ3) is 3.95. The van der Waals surface area contributed by atoms with Gasteiger partial charge < -0.3 is 9.64 Å². The van der Waals surface area contributed by atoms with Gasteiger partial charge in [-0.2, -0.15) is 5.26 Å². The van der Waals surface area contributed by atoms with Gasteiger partial charge in [-0.25, -0.2) is 15.0 Å². The molecule has 2 aromatic rings. The first kappa shape index (κ1) is 15.2. The zero-order chi connectivity index (χ0) is 16.1. The molecule has 6 heteroatoms. The summed E-state index contributed by atoms with van der Waals surface area (Å²) in [5, 5.41) is 8.84. The molecule has 1 unspecified atom stereocenters. The van der Waals surface area contributed by atoms with E-state index < -0.39 is 0 Å². The summed E-state index contributed by atoms with van der Waals surface area (Å²) in [5.74, 6) is 1.34. The molecule has 3 heterocycles. The molecule has 23 heavy (non-hydrogen) atoms. The van der Waals surface area contributed by atoms with E-state index in [1.807, 2.05) is 19.1 Å². The summed E-state index contributed by atoms with van der Waals surface area (Å²) < 4.78 is 5.71. The first-order valence-corrected chi connectivity index (χ1v) is 7.77. The maximum atomic E-state index is 8.84. The van der Waals surface area contributed by atoms with E-state index >= 15 is 0 Å². The van der Waals surface area contributed by atoms with Crippen LogP contribution in [0.1, 0.15) is 24.0 Å². The van der Waals surface area contributed by atoms with Gasteiger partial charge >= 0.3 is 6.01 Å². The normalized spacial score (nSPS) is 17.6. The predicted molar refractivity (Wildman–Crippen MR) is 86.2 cm³/mol. The van der Waals surface area contributed by atoms with Crippen LogP contribution in [0.5, 0.6) is 6.01 Å². The van der Waals surface area contributed by atoms with Crippen molar-refractivity contribution in [3.63, 3.8) is 0 Å². The quantitative estimate of drug-likeness (QED) is 0.863. The van der Waals surface area contributed by atoms with Crippen molar-refractivity contribution in [1.29, 1.82) is 5.26 Å². The molecular formula is C17H19N5O. The number of nitrogens with zero attached hydrogens (tertiary/aromatic N) is 5. The summed E-state index contributed by atoms with van der Waals surface area (Å²) in [4.78, 5) is 15.0. The molecule has 118 valence electrons. The molecule has 0 aliphatic carbocycles. The van der Waals surface area contributed by atoms with E-state index in [9.17, 15) is 0 Å². The second kappa shape index (κ2) is 7.05. The Hall–Kier alpha value is -2.68. The average molecular weight is 309 g/mol. The Bertz CT molecular complexity index is 678. The Morgan fingerprint density at radius 2 is 2.09 bits per heavy atom. The van der Waals surface area contributed by atoms with Gasteiger partial charge in [-0.15, -0.1) is 0 Å². The minimum atomic E-state index is 0.422. The number of piperidine rings is 1. The molecule has 6 nitrogen and oxygen atoms in total. The molecule has 3 rings (SSSR count). The van der Waals surface area contributed by atoms with Crippen molar-refractivity contribution in [3.05, 3.63) is 41.9 Å². The van der Waals surface area contributed by atoms with Crippen LogP contribution < -0.4 is 9.64 Å². The summed E-state index contributed by atoms with van der Waals surface area (Å²) >= 11 is 0. The van der Waals surface area contributed by atoms with Crippen LogP contribution in [0.25, 0.3) is 0 Å². The first-order chi connectivity index (χ1) is 11.2. The standard InChI is InChI=1S/C17H19N5O/c1-13-8-20-17(21-9-13)23-12-15-3-2-6-22(11-15)16-5-4-14(7-18)10-19-16/h4-5,8-10,15H,2-3,6,11-12H2,1H3. The summed E-state index contributed by atoms with van der Waals surface area (Å²) in [5.41, 5.74) is 1.61. The molecule has 0 saturated carbocycles. The van der Waals surface area contributed by atoms with Crippen LogP contribution in [0.4, 0.5) is 5.82 Å². The van der Waals surface area contributed by atoms with E-state index in [1.165, 1.54) is 0 Å². The highest BCUT2D eigenvalue weighted by atomic mass is 16.5. The van der Waals surface area contributed by atoms with Gasteiger partial charge in [0.1, 0.15) is 11.9 Å². The number of rotatable bonds is 4. The Kier molecular flexibility index (Phi) is 4.67. The molecular weight excluding hydrogens is 290 g/mol. The van der Waals surface area contributed by atoms with Crippen molar-refractivity contribution >= 4 is 5.82 Å². The van der Waals surface area contributed by atoms with E-state index in [0.717, 1.165) is 37.3 Å². The minimum absolute atomic E-state index is 0.422. The number of pyridine rings is 1. The Morgan fingerprint density at radius 3 is 2.78 bits per heavy atom. The van der Waals surface area contributed by atoms with Crippen molar-refractivity contribution in [3.8, 4) is 12.1 Å². The lowest BCUT2D eigenvalue weighted by molar-refractivity contribution is 0.213. The SMILES string of the molecule is Cc1cnc(OCC2CCCN(c3ccc(C#N)cn3)C2)nc1. The smallest absolute Gasteiger partial charge is 0.316 e. The van der Waals surface area contributed by atoms with Gasteiger partial charge in [0.15, 0.2) is 0 Å². The van der Waals surface area contributed by atoms with E-state index in [4.69, 9.17) is 10.00 Å². The van der Waals surface area contributed by atoms with Crippen molar-refractivity contribution in [2.45, 2.75) is 19.8 Å². The third-order valence-corrected chi connectivity index (χ3v) is 3.93. The van der Waals surface area contributed by atoms with E-state index in [-0.39, 0.29) is 0 Å². The molecule has 0 bridgehead atoms. The number of nitriles is 1. The third-order valence-electron chi connectivity index (χ3n) is 3.93. The lowest BCUT2D eigenvalue weighted by Gasteiger charge is -2.33. The monoisotopic (exact) mass is 309 g/mol. The largest absolute Gasteiger partial charge is 0.463 e. The first-order valence-electron chi connectivity index (χ1n) is 7.77. The molecule has 1 atom stereocenters. The van der Waals surface area contributed by atoms with Gasteiger partial charge in [0.2, 0.25) is 0 Å². The van der Waals surface area contributed by atoms with Gasteiger partial charge in [0.05, 0.1) is 12.2 Å². The topological polar surface area (TPSA) is 74.9 Å². The van der Waals surface area contributed by atoms with E-state index in [2.05, 4.69) is 25.9 Å². The molecule has 0 amide bonds. The van der Waals surface area contributed by atoms with Crippen LogP contribution in [0.3, 0.4) is 0 Å². The van der Waals surface area contributed by atoms with E-state index in [1.54, 1.807) is 18.6 Å². The highest BCUT2D eigenvalue weighted by Gasteiger charge is 2.21. The molecule has 1 aliphatic rings. The number of hydrogen-bond donors (Lipinski definition) is 0. The van der Waals surface area contributed by atoms with Crippen molar-refractivity contribution in [1.82, 2.24) is 15.0 Å². The van der Waals surface area contributed by atoms with Crippen LogP contribution in [0, 0.1) is 24.2 Å². The fourth-order valence-corrected chi connectivity index (χ4v) is 2.70. The lowest BCUT2D eigenvalue weighted by Crippen LogP contribution is -2.38. The Labute approximate surface area is 135 Å². The zero-order valence-electron chi connectivity index (χ0n) is 13.1. The average Bonchev–Trinajstić information content (AvgIpc) is 2.61. The van der Waals surface area contributed by atoms with Gasteiger partial charge in [-0.05, 0) is 37.5 Å². The second-order valence-corrected chi connectivity index (χ2v) is 5.83. The molecule has 1 fully saturated rings. The lowest BCUT2D eigenvalue weighted by atomic mass is 9.99. The van der Waals surface area contributed by atoms with Crippen LogP contribution in [-0.2, 0) is 0 Å². The fraction of sp³-hybridized carbons (Fsp3) is 0.412. The molecule has 1 saturated heterocycles. The van der Waals surface area contributed by atoms with Gasteiger partial charge in [-0.3, -0.25) is 0 Å². The molecule has 2 aromatic heterocycles. The molecule has 0 radical (unpaired) electrons. The summed E-state index contributed by atoms with van der Waals surface area (Å²) in [6.07, 6.45) is 7.37. The Morgan fingerprint density at radius 1 is 1.26 bits per heavy atom. The van der Waals surface area contributed by atoms with Crippen molar-refractivity contribution in [2.24, 2.45) is 5.92 Å². The molecule has 1 aliphatic heterocycles. The highest BCUT2D eigenvalue weighted by Crippen LogP contribution is 2.22. The van der Waals surface area contributed by atoms with Crippen molar-refractivity contribution < 1.29 is 4.74 Å². The maximum absolute atomic E-state index is 8.84. The van der Waals surface area contributed by atoms with Crippen molar-refractivity contribution in [2.75, 3.05) is 24.6 Å². The summed E-state index contributed by atoms with van der Waals surface area (Å²) in [6, 6.07) is 6.24. The van der Waals surface area contributed by atoms with Crippen LogP contribution >= 0.6 is 0 Å². The van der Waals surface area contributed by atoms with Crippen LogP contribution in [0.15, 0.2) is 30.7 Å². The van der Waals surface area contributed by atoms with Crippen LogP contribution in [-0.4, -0.2) is 34.6 Å². The zero-order valence-corrected chi connectivity index (χ0v) is 13.1. The highest BCUT2D eigenvalue weighted by molar-refractivity contribution is 5.42. The minimum Gasteiger partial charge on any atom is -0.463 e. The van der Waals surface area contributed by atoms with Crippen LogP contribution in [0.2, 0.25) is 0 Å². The van der Waals surface area contributed by atoms with Gasteiger partial charge in [0, 0.05) is 37.6 Å². The number of aromatic nitrogens is 3. The number of anilines is 1. The fourth-order valence-electron chi connectivity index (χ4n) is 2.70.